The van der Waals surface area contributed by atoms with E-state index in [-0.39, 0.29) is 5.75 Å². The fourth-order valence-corrected chi connectivity index (χ4v) is 1.53. The number of hydrogen-bond acceptors (Lipinski definition) is 4. The van der Waals surface area contributed by atoms with Crippen LogP contribution in [-0.2, 0) is 0 Å². The van der Waals surface area contributed by atoms with E-state index in [4.69, 9.17) is 4.74 Å². The Bertz CT molecular complexity index is 317. The van der Waals surface area contributed by atoms with Crippen molar-refractivity contribution in [2.75, 3.05) is 12.4 Å². The van der Waals surface area contributed by atoms with Gasteiger partial charge in [0.1, 0.15) is 11.9 Å². The molecule has 2 N–H and O–H groups in total. The summed E-state index contributed by atoms with van der Waals surface area (Å²) in [5.41, 5.74) is 0.648. The van der Waals surface area contributed by atoms with Gasteiger partial charge in [-0.15, -0.1) is 0 Å². The largest absolute Gasteiger partial charge is 0.494 e. The van der Waals surface area contributed by atoms with Gasteiger partial charge in [-0.1, -0.05) is 19.1 Å². The molecule has 1 rings (SSSR count). The van der Waals surface area contributed by atoms with Crippen LogP contribution >= 0.6 is 12.6 Å². The van der Waals surface area contributed by atoms with Crippen LogP contribution in [0.2, 0.25) is 0 Å². The van der Waals surface area contributed by atoms with Gasteiger partial charge in [-0.2, -0.15) is 12.6 Å². The Labute approximate surface area is 101 Å². The molecule has 0 heterocycles. The van der Waals surface area contributed by atoms with E-state index in [9.17, 15) is 10.2 Å². The summed E-state index contributed by atoms with van der Waals surface area (Å²) in [6, 6.07) is 7.14. The van der Waals surface area contributed by atoms with Crippen molar-refractivity contribution in [3.63, 3.8) is 0 Å². The molecular formula is C12H18O3S. The van der Waals surface area contributed by atoms with Gasteiger partial charge in [-0.05, 0) is 24.1 Å². The SMILES string of the molecule is CCCOc1cccc(C(O)C(O)CS)c1. The number of hydrogen-bond donors (Lipinski definition) is 3. The van der Waals surface area contributed by atoms with Gasteiger partial charge in [0.25, 0.3) is 0 Å². The van der Waals surface area contributed by atoms with Crippen LogP contribution in [0, 0.1) is 0 Å². The highest BCUT2D eigenvalue weighted by atomic mass is 32.1. The molecule has 3 nitrogen and oxygen atoms in total. The van der Waals surface area contributed by atoms with Crippen LogP contribution in [-0.4, -0.2) is 28.7 Å². The highest BCUT2D eigenvalue weighted by Gasteiger charge is 2.16. The average Bonchev–Trinajstić information content (AvgIpc) is 2.34. The minimum Gasteiger partial charge on any atom is -0.494 e. The van der Waals surface area contributed by atoms with E-state index in [0.29, 0.717) is 17.9 Å². The van der Waals surface area contributed by atoms with Crippen molar-refractivity contribution in [3.8, 4) is 5.75 Å². The summed E-state index contributed by atoms with van der Waals surface area (Å²) in [7, 11) is 0. The smallest absolute Gasteiger partial charge is 0.119 e. The van der Waals surface area contributed by atoms with Gasteiger partial charge < -0.3 is 14.9 Å². The van der Waals surface area contributed by atoms with E-state index in [2.05, 4.69) is 12.6 Å². The van der Waals surface area contributed by atoms with Crippen molar-refractivity contribution in [3.05, 3.63) is 29.8 Å². The third kappa shape index (κ3) is 3.70. The van der Waals surface area contributed by atoms with E-state index in [1.54, 1.807) is 18.2 Å². The molecule has 2 atom stereocenters. The Kier molecular flexibility index (Phi) is 5.66. The Morgan fingerprint density at radius 3 is 2.75 bits per heavy atom. The molecule has 0 bridgehead atoms. The first kappa shape index (κ1) is 13.4. The van der Waals surface area contributed by atoms with E-state index in [0.717, 1.165) is 6.42 Å². The summed E-state index contributed by atoms with van der Waals surface area (Å²) < 4.78 is 5.45. The topological polar surface area (TPSA) is 49.7 Å². The van der Waals surface area contributed by atoms with Crippen LogP contribution in [0.4, 0.5) is 0 Å². The van der Waals surface area contributed by atoms with Gasteiger partial charge in [0.05, 0.1) is 12.7 Å². The van der Waals surface area contributed by atoms with Gasteiger partial charge in [0.2, 0.25) is 0 Å². The van der Waals surface area contributed by atoms with E-state index in [1.165, 1.54) is 0 Å². The molecule has 0 saturated heterocycles. The zero-order chi connectivity index (χ0) is 12.0. The third-order valence-electron chi connectivity index (χ3n) is 2.22. The number of thiol groups is 1. The maximum atomic E-state index is 9.78. The number of aliphatic hydroxyl groups excluding tert-OH is 2. The maximum Gasteiger partial charge on any atom is 0.119 e. The summed E-state index contributed by atoms with van der Waals surface area (Å²) in [6.45, 7) is 2.68. The summed E-state index contributed by atoms with van der Waals surface area (Å²) in [5, 5.41) is 19.3. The van der Waals surface area contributed by atoms with Crippen molar-refractivity contribution < 1.29 is 14.9 Å². The Morgan fingerprint density at radius 1 is 1.38 bits per heavy atom. The summed E-state index contributed by atoms with van der Waals surface area (Å²) >= 11 is 3.95. The highest BCUT2D eigenvalue weighted by molar-refractivity contribution is 7.80. The fraction of sp³-hybridized carbons (Fsp3) is 0.500. The molecule has 0 radical (unpaired) electrons. The lowest BCUT2D eigenvalue weighted by molar-refractivity contribution is 0.0336. The molecule has 0 aliphatic heterocycles. The third-order valence-corrected chi connectivity index (χ3v) is 2.60. The number of benzene rings is 1. The molecule has 1 aromatic rings. The zero-order valence-corrected chi connectivity index (χ0v) is 10.2. The normalized spacial score (nSPS) is 14.5. The summed E-state index contributed by atoms with van der Waals surface area (Å²) in [4.78, 5) is 0. The number of rotatable bonds is 6. The molecular weight excluding hydrogens is 224 g/mol. The molecule has 0 aliphatic carbocycles. The Morgan fingerprint density at radius 2 is 2.12 bits per heavy atom. The van der Waals surface area contributed by atoms with Crippen molar-refractivity contribution >= 4 is 12.6 Å². The second-order valence-electron chi connectivity index (χ2n) is 3.62. The first-order chi connectivity index (χ1) is 7.69. The second kappa shape index (κ2) is 6.78. The highest BCUT2D eigenvalue weighted by Crippen LogP contribution is 2.22. The van der Waals surface area contributed by atoms with Gasteiger partial charge >= 0.3 is 0 Å². The van der Waals surface area contributed by atoms with E-state index < -0.39 is 12.2 Å². The fourth-order valence-electron chi connectivity index (χ4n) is 1.33. The molecule has 90 valence electrons. The predicted molar refractivity (Wildman–Crippen MR) is 67.0 cm³/mol. The standard InChI is InChI=1S/C12H18O3S/c1-2-6-15-10-5-3-4-9(7-10)12(14)11(13)8-16/h3-5,7,11-14,16H,2,6,8H2,1H3. The first-order valence-electron chi connectivity index (χ1n) is 5.38. The van der Waals surface area contributed by atoms with Gasteiger partial charge in [0, 0.05) is 5.75 Å². The minimum absolute atomic E-state index is 0.223. The molecule has 0 saturated carbocycles. The van der Waals surface area contributed by atoms with Crippen LogP contribution in [0.1, 0.15) is 25.0 Å². The predicted octanol–water partition coefficient (Wildman–Crippen LogP) is 1.80. The first-order valence-corrected chi connectivity index (χ1v) is 6.02. The molecule has 0 spiro atoms. The quantitative estimate of drug-likeness (QED) is 0.667. The maximum absolute atomic E-state index is 9.78. The molecule has 0 aromatic heterocycles. The van der Waals surface area contributed by atoms with Crippen LogP contribution in [0.3, 0.4) is 0 Å². The second-order valence-corrected chi connectivity index (χ2v) is 3.98. The number of ether oxygens (including phenoxy) is 1. The van der Waals surface area contributed by atoms with Crippen LogP contribution in [0.25, 0.3) is 0 Å². The number of aliphatic hydroxyl groups is 2. The molecule has 0 amide bonds. The molecule has 0 aliphatic rings. The molecule has 16 heavy (non-hydrogen) atoms. The minimum atomic E-state index is -0.914. The average molecular weight is 242 g/mol. The molecule has 4 heteroatoms. The Hall–Kier alpha value is -0.710. The monoisotopic (exact) mass is 242 g/mol. The van der Waals surface area contributed by atoms with Crippen molar-refractivity contribution in [2.45, 2.75) is 25.6 Å². The summed E-state index contributed by atoms with van der Waals surface area (Å²) in [5.74, 6) is 0.936. The van der Waals surface area contributed by atoms with Crippen molar-refractivity contribution in [1.82, 2.24) is 0 Å². The lowest BCUT2D eigenvalue weighted by atomic mass is 10.1. The van der Waals surface area contributed by atoms with Crippen LogP contribution in [0.15, 0.2) is 24.3 Å². The molecule has 2 unspecified atom stereocenters. The van der Waals surface area contributed by atoms with Crippen molar-refractivity contribution in [1.29, 1.82) is 0 Å². The van der Waals surface area contributed by atoms with Gasteiger partial charge in [-0.3, -0.25) is 0 Å². The Balaban J connectivity index is 2.73. The van der Waals surface area contributed by atoms with Crippen LogP contribution in [0.5, 0.6) is 5.75 Å². The summed E-state index contributed by atoms with van der Waals surface area (Å²) in [6.07, 6.45) is -0.834. The van der Waals surface area contributed by atoms with E-state index >= 15 is 0 Å². The van der Waals surface area contributed by atoms with Crippen LogP contribution < -0.4 is 4.74 Å². The molecule has 0 fully saturated rings. The lowest BCUT2D eigenvalue weighted by Crippen LogP contribution is -2.19. The zero-order valence-electron chi connectivity index (χ0n) is 9.34. The van der Waals surface area contributed by atoms with Gasteiger partial charge in [0.15, 0.2) is 0 Å². The molecule has 1 aromatic carbocycles. The van der Waals surface area contributed by atoms with Crippen molar-refractivity contribution in [2.24, 2.45) is 0 Å². The lowest BCUT2D eigenvalue weighted by Gasteiger charge is -2.16. The van der Waals surface area contributed by atoms with Gasteiger partial charge in [-0.25, -0.2) is 0 Å². The van der Waals surface area contributed by atoms with E-state index in [1.807, 2.05) is 13.0 Å².